The van der Waals surface area contributed by atoms with Gasteiger partial charge < -0.3 is 11.1 Å². The molecule has 3 nitrogen and oxygen atoms in total. The monoisotopic (exact) mass is 284 g/mol. The normalized spacial score (nSPS) is 17.1. The summed E-state index contributed by atoms with van der Waals surface area (Å²) in [5, 5.41) is 3.02. The molecule has 2 aromatic rings. The smallest absolute Gasteiger partial charge is 0.251 e. The van der Waals surface area contributed by atoms with Gasteiger partial charge in [0.25, 0.3) is 5.91 Å². The number of carbonyl (C=O) groups excluding carboxylic acids is 1. The minimum atomic E-state index is -0.505. The molecule has 1 unspecified atom stereocenters. The maximum absolute atomic E-state index is 13.2. The van der Waals surface area contributed by atoms with Crippen molar-refractivity contribution >= 4 is 11.6 Å². The zero-order chi connectivity index (χ0) is 14.8. The molecular weight excluding hydrogens is 267 g/mol. The van der Waals surface area contributed by atoms with Crippen LogP contribution in [-0.4, -0.2) is 5.91 Å². The number of benzene rings is 2. The zero-order valence-electron chi connectivity index (χ0n) is 11.6. The Kier molecular flexibility index (Phi) is 3.60. The molecule has 1 aliphatic carbocycles. The molecule has 0 saturated heterocycles. The molecular formula is C17H17FN2O. The van der Waals surface area contributed by atoms with Crippen molar-refractivity contribution in [2.24, 2.45) is 0 Å². The minimum Gasteiger partial charge on any atom is -0.396 e. The number of nitrogens with one attached hydrogen (secondary N) is 1. The van der Waals surface area contributed by atoms with Crippen LogP contribution >= 0.6 is 0 Å². The third-order valence-corrected chi connectivity index (χ3v) is 3.93. The number of amides is 1. The fraction of sp³-hybridized carbons (Fsp3) is 0.235. The van der Waals surface area contributed by atoms with E-state index in [0.717, 1.165) is 19.3 Å². The van der Waals surface area contributed by atoms with Gasteiger partial charge in [-0.1, -0.05) is 24.3 Å². The largest absolute Gasteiger partial charge is 0.396 e. The molecule has 2 aromatic carbocycles. The Morgan fingerprint density at radius 1 is 1.24 bits per heavy atom. The van der Waals surface area contributed by atoms with Crippen LogP contribution in [0.25, 0.3) is 0 Å². The number of aryl methyl sites for hydroxylation is 1. The van der Waals surface area contributed by atoms with Crippen LogP contribution in [0, 0.1) is 5.82 Å². The van der Waals surface area contributed by atoms with Gasteiger partial charge in [-0.25, -0.2) is 4.39 Å². The van der Waals surface area contributed by atoms with Crippen molar-refractivity contribution in [3.63, 3.8) is 0 Å². The molecule has 0 aromatic heterocycles. The number of nitrogens with two attached hydrogens (primary N) is 1. The first kappa shape index (κ1) is 13.6. The van der Waals surface area contributed by atoms with Crippen LogP contribution in [0.2, 0.25) is 0 Å². The molecule has 1 atom stereocenters. The third-order valence-electron chi connectivity index (χ3n) is 3.93. The molecule has 0 heterocycles. The van der Waals surface area contributed by atoms with Gasteiger partial charge in [-0.3, -0.25) is 4.79 Å². The standard InChI is InChI=1S/C17H17FN2O/c18-14-9-8-12(10-15(14)19)17(21)20-16-7-3-5-11-4-1-2-6-13(11)16/h1-2,4,6,8-10,16H,3,5,7,19H2,(H,20,21). The van der Waals surface area contributed by atoms with Gasteiger partial charge in [0.05, 0.1) is 11.7 Å². The van der Waals surface area contributed by atoms with E-state index in [1.807, 2.05) is 12.1 Å². The van der Waals surface area contributed by atoms with Crippen molar-refractivity contribution < 1.29 is 9.18 Å². The predicted octanol–water partition coefficient (Wildman–Crippen LogP) is 3.22. The first-order valence-corrected chi connectivity index (χ1v) is 7.09. The summed E-state index contributed by atoms with van der Waals surface area (Å²) in [7, 11) is 0. The molecule has 4 heteroatoms. The van der Waals surface area contributed by atoms with Gasteiger partial charge in [-0.15, -0.1) is 0 Å². The summed E-state index contributed by atoms with van der Waals surface area (Å²) < 4.78 is 13.2. The minimum absolute atomic E-state index is 0.00769. The summed E-state index contributed by atoms with van der Waals surface area (Å²) in [6.07, 6.45) is 3.01. The molecule has 3 N–H and O–H groups in total. The summed E-state index contributed by atoms with van der Waals surface area (Å²) in [6, 6.07) is 12.2. The summed E-state index contributed by atoms with van der Waals surface area (Å²) in [5.74, 6) is -0.724. The molecule has 0 bridgehead atoms. The van der Waals surface area contributed by atoms with Crippen molar-refractivity contribution in [1.29, 1.82) is 0 Å². The summed E-state index contributed by atoms with van der Waals surface area (Å²) >= 11 is 0. The highest BCUT2D eigenvalue weighted by Crippen LogP contribution is 2.29. The van der Waals surface area contributed by atoms with Crippen molar-refractivity contribution in [3.8, 4) is 0 Å². The number of nitrogen functional groups attached to an aromatic ring is 1. The van der Waals surface area contributed by atoms with Gasteiger partial charge in [-0.05, 0) is 48.6 Å². The van der Waals surface area contributed by atoms with Crippen LogP contribution < -0.4 is 11.1 Å². The first-order valence-electron chi connectivity index (χ1n) is 7.09. The van der Waals surface area contributed by atoms with Gasteiger partial charge in [0.1, 0.15) is 5.82 Å². The number of hydrogen-bond acceptors (Lipinski definition) is 2. The lowest BCUT2D eigenvalue weighted by Gasteiger charge is -2.26. The Morgan fingerprint density at radius 3 is 2.86 bits per heavy atom. The van der Waals surface area contributed by atoms with Gasteiger partial charge in [0, 0.05) is 5.56 Å². The van der Waals surface area contributed by atoms with Crippen LogP contribution in [0.3, 0.4) is 0 Å². The van der Waals surface area contributed by atoms with E-state index < -0.39 is 5.82 Å². The van der Waals surface area contributed by atoms with E-state index in [4.69, 9.17) is 5.73 Å². The number of hydrogen-bond donors (Lipinski definition) is 2. The van der Waals surface area contributed by atoms with Crippen molar-refractivity contribution in [2.45, 2.75) is 25.3 Å². The molecule has 0 aliphatic heterocycles. The summed E-state index contributed by atoms with van der Waals surface area (Å²) in [4.78, 5) is 12.3. The van der Waals surface area contributed by atoms with E-state index in [-0.39, 0.29) is 17.6 Å². The van der Waals surface area contributed by atoms with Gasteiger partial charge >= 0.3 is 0 Å². The number of carbonyl (C=O) groups is 1. The predicted molar refractivity (Wildman–Crippen MR) is 80.4 cm³/mol. The molecule has 0 fully saturated rings. The third kappa shape index (κ3) is 2.75. The van der Waals surface area contributed by atoms with Crippen LogP contribution in [-0.2, 0) is 6.42 Å². The Morgan fingerprint density at radius 2 is 2.05 bits per heavy atom. The van der Waals surface area contributed by atoms with Gasteiger partial charge in [0.2, 0.25) is 0 Å². The van der Waals surface area contributed by atoms with Crippen LogP contribution in [0.4, 0.5) is 10.1 Å². The average molecular weight is 284 g/mol. The maximum atomic E-state index is 13.2. The topological polar surface area (TPSA) is 55.1 Å². The highest BCUT2D eigenvalue weighted by Gasteiger charge is 2.22. The van der Waals surface area contributed by atoms with E-state index in [9.17, 15) is 9.18 Å². The van der Waals surface area contributed by atoms with E-state index >= 15 is 0 Å². The molecule has 21 heavy (non-hydrogen) atoms. The lowest BCUT2D eigenvalue weighted by Crippen LogP contribution is -2.31. The van der Waals surface area contributed by atoms with Crippen LogP contribution in [0.5, 0.6) is 0 Å². The Labute approximate surface area is 123 Å². The molecule has 3 rings (SSSR count). The molecule has 108 valence electrons. The van der Waals surface area contributed by atoms with Crippen molar-refractivity contribution in [1.82, 2.24) is 5.32 Å². The van der Waals surface area contributed by atoms with Gasteiger partial charge in [-0.2, -0.15) is 0 Å². The fourth-order valence-electron chi connectivity index (χ4n) is 2.83. The quantitative estimate of drug-likeness (QED) is 0.832. The number of rotatable bonds is 2. The number of halogens is 1. The molecule has 0 saturated carbocycles. The maximum Gasteiger partial charge on any atom is 0.251 e. The Hall–Kier alpha value is -2.36. The van der Waals surface area contributed by atoms with Gasteiger partial charge in [0.15, 0.2) is 0 Å². The van der Waals surface area contributed by atoms with E-state index in [1.54, 1.807) is 0 Å². The summed E-state index contributed by atoms with van der Waals surface area (Å²) in [6.45, 7) is 0. The Balaban J connectivity index is 1.81. The van der Waals surface area contributed by atoms with E-state index in [2.05, 4.69) is 17.4 Å². The van der Waals surface area contributed by atoms with Crippen LogP contribution in [0.1, 0.15) is 40.4 Å². The van der Waals surface area contributed by atoms with Crippen molar-refractivity contribution in [2.75, 3.05) is 5.73 Å². The second-order valence-electron chi connectivity index (χ2n) is 5.35. The summed E-state index contributed by atoms with van der Waals surface area (Å²) in [5.41, 5.74) is 8.35. The number of anilines is 1. The molecule has 0 spiro atoms. The highest BCUT2D eigenvalue weighted by molar-refractivity contribution is 5.95. The Bertz CT molecular complexity index is 684. The SMILES string of the molecule is Nc1cc(C(=O)NC2CCCc3ccccc32)ccc1F. The lowest BCUT2D eigenvalue weighted by molar-refractivity contribution is 0.0933. The number of fused-ring (bicyclic) bond motifs is 1. The second-order valence-corrected chi connectivity index (χ2v) is 5.35. The molecule has 1 amide bonds. The highest BCUT2D eigenvalue weighted by atomic mass is 19.1. The molecule has 1 aliphatic rings. The second kappa shape index (κ2) is 5.56. The van der Waals surface area contributed by atoms with E-state index in [1.165, 1.54) is 29.3 Å². The average Bonchev–Trinajstić information content (AvgIpc) is 2.50. The first-order chi connectivity index (χ1) is 10.1. The fourth-order valence-corrected chi connectivity index (χ4v) is 2.83. The van der Waals surface area contributed by atoms with Crippen molar-refractivity contribution in [3.05, 3.63) is 65.0 Å². The zero-order valence-corrected chi connectivity index (χ0v) is 11.6. The van der Waals surface area contributed by atoms with Crippen LogP contribution in [0.15, 0.2) is 42.5 Å². The van der Waals surface area contributed by atoms with E-state index in [0.29, 0.717) is 5.56 Å². The lowest BCUT2D eigenvalue weighted by atomic mass is 9.87. The molecule has 0 radical (unpaired) electrons.